The number of hydrogen-bond acceptors (Lipinski definition) is 7. The molecular weight excluding hydrogens is 688 g/mol. The molecule has 1 unspecified atom stereocenters. The Morgan fingerprint density at radius 2 is 1.76 bits per heavy atom. The van der Waals surface area contributed by atoms with Crippen molar-refractivity contribution in [3.63, 3.8) is 0 Å². The molecule has 5 rings (SSSR count). The number of anilines is 2. The van der Waals surface area contributed by atoms with Crippen LogP contribution in [0.5, 0.6) is 0 Å². The van der Waals surface area contributed by atoms with Crippen LogP contribution in [0.25, 0.3) is 22.3 Å². The first kappa shape index (κ1) is 36.4. The number of fused-ring (bicyclic) bond motifs is 1. The molecule has 1 aromatic carbocycles. The average molecular weight is 720 g/mol. The lowest BCUT2D eigenvalue weighted by atomic mass is 9.88. The SMILES string of the molecule is C=CC(=O)N1[C@H](C)CN(c2c(C#N)c(=O)n(C3C(C(C)C)=NC=C[C@H]3C)c3nc(-c4c(N)c(F)c(F)c(C(F)(F)F)c4F)c(Cl)cc23)C[C@@H]1C. The van der Waals surface area contributed by atoms with Crippen LogP contribution >= 0.6 is 11.6 Å². The number of nitrogens with two attached hydrogens (primary N) is 1. The molecule has 1 amide bonds. The van der Waals surface area contributed by atoms with Crippen molar-refractivity contribution in [3.8, 4) is 17.3 Å². The number of hydrogen-bond donors (Lipinski definition) is 1. The number of rotatable bonds is 5. The van der Waals surface area contributed by atoms with E-state index in [0.717, 1.165) is 4.57 Å². The highest BCUT2D eigenvalue weighted by Crippen LogP contribution is 2.45. The van der Waals surface area contributed by atoms with Gasteiger partial charge >= 0.3 is 6.18 Å². The molecule has 3 aromatic rings. The maximum atomic E-state index is 15.7. The van der Waals surface area contributed by atoms with Gasteiger partial charge in [-0.1, -0.05) is 45.0 Å². The fraction of sp³-hybridized carbons (Fsp3) is 0.382. The summed E-state index contributed by atoms with van der Waals surface area (Å²) < 4.78 is 87.8. The lowest BCUT2D eigenvalue weighted by Crippen LogP contribution is -2.58. The molecule has 2 aromatic heterocycles. The Hall–Kier alpha value is -4.84. The van der Waals surface area contributed by atoms with Crippen molar-refractivity contribution in [3.05, 3.63) is 75.0 Å². The Balaban J connectivity index is 1.93. The van der Waals surface area contributed by atoms with Gasteiger partial charge in [-0.05, 0) is 31.9 Å². The van der Waals surface area contributed by atoms with Crippen molar-refractivity contribution in [1.29, 1.82) is 5.26 Å². The largest absolute Gasteiger partial charge is 0.422 e. The minimum absolute atomic E-state index is 0.0610. The Labute approximate surface area is 287 Å². The van der Waals surface area contributed by atoms with E-state index < -0.39 is 80.8 Å². The fourth-order valence-corrected chi connectivity index (χ4v) is 7.17. The summed E-state index contributed by atoms with van der Waals surface area (Å²) in [6.07, 6.45) is -1.24. The molecule has 4 heterocycles. The highest BCUT2D eigenvalue weighted by atomic mass is 35.5. The number of nitriles is 1. The Morgan fingerprint density at radius 3 is 2.30 bits per heavy atom. The highest BCUT2D eigenvalue weighted by molar-refractivity contribution is 6.34. The number of aliphatic imine (C=N–C) groups is 1. The first-order chi connectivity index (χ1) is 23.4. The number of amides is 1. The molecule has 0 saturated carbocycles. The van der Waals surface area contributed by atoms with Crippen molar-refractivity contribution in [2.45, 2.75) is 58.9 Å². The van der Waals surface area contributed by atoms with Gasteiger partial charge < -0.3 is 15.5 Å². The minimum Gasteiger partial charge on any atom is -0.396 e. The van der Waals surface area contributed by atoms with Crippen LogP contribution in [0.2, 0.25) is 5.02 Å². The number of aromatic nitrogens is 2. The number of carbonyl (C=O) groups is 1. The number of nitrogen functional groups attached to an aromatic ring is 1. The molecule has 264 valence electrons. The Bertz CT molecular complexity index is 2090. The van der Waals surface area contributed by atoms with Crippen LogP contribution < -0.4 is 16.2 Å². The monoisotopic (exact) mass is 719 g/mol. The van der Waals surface area contributed by atoms with Crippen molar-refractivity contribution < 1.29 is 31.1 Å². The topological polar surface area (TPSA) is 121 Å². The number of alkyl halides is 3. The molecule has 9 nitrogen and oxygen atoms in total. The number of carbonyl (C=O) groups excluding carboxylic acids is 1. The maximum absolute atomic E-state index is 15.7. The number of nitrogens with zero attached hydrogens (tertiary/aromatic N) is 6. The number of pyridine rings is 2. The van der Waals surface area contributed by atoms with E-state index in [1.54, 1.807) is 42.8 Å². The van der Waals surface area contributed by atoms with E-state index in [0.29, 0.717) is 5.71 Å². The third-order valence-corrected chi connectivity index (χ3v) is 9.33. The first-order valence-corrected chi connectivity index (χ1v) is 15.9. The predicted molar refractivity (Wildman–Crippen MR) is 178 cm³/mol. The maximum Gasteiger partial charge on any atom is 0.422 e. The zero-order valence-electron chi connectivity index (χ0n) is 27.5. The van der Waals surface area contributed by atoms with Crippen LogP contribution in [0, 0.1) is 40.6 Å². The Morgan fingerprint density at radius 1 is 1.14 bits per heavy atom. The van der Waals surface area contributed by atoms with Crippen LogP contribution in [-0.4, -0.2) is 51.2 Å². The molecule has 16 heteroatoms. The summed E-state index contributed by atoms with van der Waals surface area (Å²) in [7, 11) is 0. The van der Waals surface area contributed by atoms with E-state index in [2.05, 4.69) is 16.6 Å². The third kappa shape index (κ3) is 5.78. The molecule has 0 aliphatic carbocycles. The van der Waals surface area contributed by atoms with Gasteiger partial charge in [-0.15, -0.1) is 0 Å². The van der Waals surface area contributed by atoms with Gasteiger partial charge in [0.2, 0.25) is 5.91 Å². The van der Waals surface area contributed by atoms with E-state index >= 15 is 4.39 Å². The second-order valence-corrected chi connectivity index (χ2v) is 13.1. The minimum atomic E-state index is -5.67. The molecule has 50 heavy (non-hydrogen) atoms. The fourth-order valence-electron chi connectivity index (χ4n) is 6.93. The van der Waals surface area contributed by atoms with Gasteiger partial charge in [0.15, 0.2) is 11.6 Å². The number of halogens is 7. The molecule has 4 atom stereocenters. The van der Waals surface area contributed by atoms with Crippen molar-refractivity contribution >= 4 is 45.6 Å². The predicted octanol–water partition coefficient (Wildman–Crippen LogP) is 7.02. The van der Waals surface area contributed by atoms with Crippen LogP contribution in [-0.2, 0) is 11.0 Å². The lowest BCUT2D eigenvalue weighted by Gasteiger charge is -2.45. The Kier molecular flexibility index (Phi) is 9.57. The molecule has 0 bridgehead atoms. The summed E-state index contributed by atoms with van der Waals surface area (Å²) in [4.78, 5) is 39.4. The summed E-state index contributed by atoms with van der Waals surface area (Å²) in [5.41, 5.74) is -1.10. The molecule has 2 N–H and O–H groups in total. The van der Waals surface area contributed by atoms with E-state index in [-0.39, 0.29) is 47.2 Å². The van der Waals surface area contributed by atoms with Crippen molar-refractivity contribution in [2.75, 3.05) is 23.7 Å². The first-order valence-electron chi connectivity index (χ1n) is 15.5. The quantitative estimate of drug-likeness (QED) is 0.131. The van der Waals surface area contributed by atoms with E-state index in [4.69, 9.17) is 17.3 Å². The third-order valence-electron chi connectivity index (χ3n) is 9.05. The number of piperazine rings is 1. The van der Waals surface area contributed by atoms with E-state index in [1.807, 2.05) is 19.9 Å². The van der Waals surface area contributed by atoms with Gasteiger partial charge in [-0.2, -0.15) is 18.4 Å². The molecular formula is C34H32ClF6N7O2. The summed E-state index contributed by atoms with van der Waals surface area (Å²) in [6.45, 7) is 12.7. The molecule has 1 fully saturated rings. The van der Waals surface area contributed by atoms with Gasteiger partial charge in [-0.3, -0.25) is 19.1 Å². The lowest BCUT2D eigenvalue weighted by molar-refractivity contribution is -0.142. The van der Waals surface area contributed by atoms with Crippen LogP contribution in [0.1, 0.15) is 51.8 Å². The number of allylic oxidation sites excluding steroid dienone is 1. The van der Waals surface area contributed by atoms with Gasteiger partial charge in [0, 0.05) is 48.4 Å². The van der Waals surface area contributed by atoms with Gasteiger partial charge in [0.1, 0.15) is 28.7 Å². The van der Waals surface area contributed by atoms with Gasteiger partial charge in [0.25, 0.3) is 5.56 Å². The van der Waals surface area contributed by atoms with E-state index in [9.17, 15) is 36.8 Å². The van der Waals surface area contributed by atoms with Gasteiger partial charge in [-0.25, -0.2) is 18.2 Å². The van der Waals surface area contributed by atoms with Crippen LogP contribution in [0.4, 0.5) is 37.7 Å². The highest BCUT2D eigenvalue weighted by Gasteiger charge is 2.43. The molecule has 2 aliphatic rings. The summed E-state index contributed by atoms with van der Waals surface area (Å²) in [5, 5.41) is 10.0. The standard InChI is InChI=1S/C34H32ClF6N7O2/c1-7-21(49)47-16(5)12-46(13-17(47)6)31-18-10-20(35)29(22-24(36)23(34(39,40)41)25(37)26(38)27(22)43)45-32(18)48(33(50)19(31)11-42)30-15(4)8-9-44-28(30)14(2)3/h7-10,14-17,30H,1,12-13,43H2,2-6H3/t15-,16-,17+,30?/m1/s1. The van der Waals surface area contributed by atoms with Gasteiger partial charge in [0.05, 0.1) is 33.7 Å². The van der Waals surface area contributed by atoms with Crippen LogP contribution in [0.15, 0.2) is 40.8 Å². The summed E-state index contributed by atoms with van der Waals surface area (Å²) in [6, 6.07) is 1.37. The molecule has 0 spiro atoms. The average Bonchev–Trinajstić information content (AvgIpc) is 3.02. The summed E-state index contributed by atoms with van der Waals surface area (Å²) in [5.74, 6) is -7.99. The second kappa shape index (κ2) is 13.1. The number of benzene rings is 1. The molecule has 1 saturated heterocycles. The van der Waals surface area contributed by atoms with E-state index in [1.165, 1.54) is 12.1 Å². The summed E-state index contributed by atoms with van der Waals surface area (Å²) >= 11 is 6.60. The second-order valence-electron chi connectivity index (χ2n) is 12.7. The molecule has 2 aliphatic heterocycles. The van der Waals surface area contributed by atoms with Crippen LogP contribution in [0.3, 0.4) is 0 Å². The smallest absolute Gasteiger partial charge is 0.396 e. The molecule has 0 radical (unpaired) electrons. The zero-order valence-corrected chi connectivity index (χ0v) is 28.3. The normalized spacial score (nSPS) is 21.1. The van der Waals surface area contributed by atoms with Crippen molar-refractivity contribution in [1.82, 2.24) is 14.5 Å². The van der Waals surface area contributed by atoms with Crippen molar-refractivity contribution in [2.24, 2.45) is 16.8 Å². The zero-order chi connectivity index (χ0) is 37.1.